The highest BCUT2D eigenvalue weighted by Crippen LogP contribution is 2.21. The van der Waals surface area contributed by atoms with Gasteiger partial charge in [0.25, 0.3) is 11.8 Å². The van der Waals surface area contributed by atoms with Crippen molar-refractivity contribution in [2.24, 2.45) is 0 Å². The van der Waals surface area contributed by atoms with Gasteiger partial charge in [0.2, 0.25) is 0 Å². The Hall–Kier alpha value is -2.22. The van der Waals surface area contributed by atoms with E-state index >= 15 is 0 Å². The highest BCUT2D eigenvalue weighted by atomic mass is 35.5. The molecule has 1 saturated heterocycles. The quantitative estimate of drug-likeness (QED) is 0.632. The third-order valence-corrected chi connectivity index (χ3v) is 6.16. The van der Waals surface area contributed by atoms with E-state index in [4.69, 9.17) is 23.2 Å². The summed E-state index contributed by atoms with van der Waals surface area (Å²) in [5.41, 5.74) is 2.39. The van der Waals surface area contributed by atoms with Gasteiger partial charge in [0.15, 0.2) is 0 Å². The molecule has 3 aromatic rings. The van der Waals surface area contributed by atoms with Crippen molar-refractivity contribution in [1.29, 1.82) is 0 Å². The molecule has 0 bridgehead atoms. The highest BCUT2D eigenvalue weighted by Gasteiger charge is 2.20. The molecular formula is C20H18Cl2N4O2S. The molecule has 1 aliphatic rings. The van der Waals surface area contributed by atoms with Crippen molar-refractivity contribution in [2.75, 3.05) is 24.6 Å². The van der Waals surface area contributed by atoms with Crippen molar-refractivity contribution in [1.82, 2.24) is 20.2 Å². The fourth-order valence-corrected chi connectivity index (χ4v) is 4.50. The van der Waals surface area contributed by atoms with Crippen molar-refractivity contribution >= 4 is 57.8 Å². The van der Waals surface area contributed by atoms with Crippen LogP contribution in [-0.2, 0) is 6.54 Å². The smallest absolute Gasteiger partial charge is 0.253 e. The Kier molecular flexibility index (Phi) is 5.99. The van der Waals surface area contributed by atoms with Crippen molar-refractivity contribution in [3.63, 3.8) is 0 Å². The van der Waals surface area contributed by atoms with Crippen LogP contribution in [0, 0.1) is 0 Å². The number of fused-ring (bicyclic) bond motifs is 1. The van der Waals surface area contributed by atoms with Gasteiger partial charge < -0.3 is 15.2 Å². The Morgan fingerprint density at radius 2 is 1.93 bits per heavy atom. The molecule has 1 aliphatic heterocycles. The fraction of sp³-hybridized carbons (Fsp3) is 0.250. The van der Waals surface area contributed by atoms with Crippen LogP contribution in [0.3, 0.4) is 0 Å². The number of amides is 2. The number of nitrogens with one attached hydrogen (secondary N) is 2. The first-order chi connectivity index (χ1) is 14.0. The minimum atomic E-state index is -0.332. The average molecular weight is 449 g/mol. The van der Waals surface area contributed by atoms with Crippen LogP contribution in [0.4, 0.5) is 0 Å². The van der Waals surface area contributed by atoms with Gasteiger partial charge in [0, 0.05) is 35.2 Å². The molecule has 9 heteroatoms. The second-order valence-corrected chi connectivity index (χ2v) is 8.70. The van der Waals surface area contributed by atoms with E-state index in [-0.39, 0.29) is 23.4 Å². The van der Waals surface area contributed by atoms with Crippen LogP contribution in [0.5, 0.6) is 0 Å². The topological polar surface area (TPSA) is 78.1 Å². The molecule has 4 rings (SSSR count). The molecule has 1 fully saturated rings. The average Bonchev–Trinajstić information content (AvgIpc) is 3.14. The van der Waals surface area contributed by atoms with E-state index in [9.17, 15) is 9.59 Å². The molecule has 0 aliphatic carbocycles. The SMILES string of the molecule is O=C(NCc1nc2ccc(Cl)cc2[nH]1)c1ccc(C(=O)N2CCSCC2)cc1Cl. The van der Waals surface area contributed by atoms with Crippen LogP contribution in [-0.4, -0.2) is 51.3 Å². The molecule has 1 aromatic heterocycles. The molecule has 0 saturated carbocycles. The predicted molar refractivity (Wildman–Crippen MR) is 117 cm³/mol. The van der Waals surface area contributed by atoms with Crippen molar-refractivity contribution in [3.8, 4) is 0 Å². The molecule has 2 aromatic carbocycles. The van der Waals surface area contributed by atoms with Gasteiger partial charge in [-0.3, -0.25) is 9.59 Å². The first-order valence-electron chi connectivity index (χ1n) is 9.10. The van der Waals surface area contributed by atoms with Gasteiger partial charge in [0.05, 0.1) is 28.2 Å². The van der Waals surface area contributed by atoms with Crippen LogP contribution in [0.25, 0.3) is 11.0 Å². The maximum atomic E-state index is 12.6. The molecule has 2 N–H and O–H groups in total. The van der Waals surface area contributed by atoms with Crippen LogP contribution < -0.4 is 5.32 Å². The zero-order valence-corrected chi connectivity index (χ0v) is 17.7. The first kappa shape index (κ1) is 20.1. The number of aromatic nitrogens is 2. The van der Waals surface area contributed by atoms with E-state index in [2.05, 4.69) is 15.3 Å². The normalized spacial score (nSPS) is 14.2. The molecule has 150 valence electrons. The molecule has 0 atom stereocenters. The predicted octanol–water partition coefficient (Wildman–Crippen LogP) is 3.99. The van der Waals surface area contributed by atoms with E-state index in [0.29, 0.717) is 22.0 Å². The molecule has 6 nitrogen and oxygen atoms in total. The number of carbonyl (C=O) groups excluding carboxylic acids is 2. The Balaban J connectivity index is 1.43. The summed E-state index contributed by atoms with van der Waals surface area (Å²) in [5.74, 6) is 2.10. The second kappa shape index (κ2) is 8.65. The van der Waals surface area contributed by atoms with Crippen molar-refractivity contribution < 1.29 is 9.59 Å². The number of hydrogen-bond acceptors (Lipinski definition) is 4. The lowest BCUT2D eigenvalue weighted by Crippen LogP contribution is -2.37. The maximum Gasteiger partial charge on any atom is 0.253 e. The molecular weight excluding hydrogens is 431 g/mol. The molecule has 0 spiro atoms. The van der Waals surface area contributed by atoms with Crippen molar-refractivity contribution in [3.05, 3.63) is 63.4 Å². The Morgan fingerprint density at radius 3 is 2.69 bits per heavy atom. The molecule has 0 unspecified atom stereocenters. The van der Waals surface area contributed by atoms with Gasteiger partial charge in [-0.25, -0.2) is 4.98 Å². The number of halogens is 2. The van der Waals surface area contributed by atoms with E-state index in [0.717, 1.165) is 35.6 Å². The number of imidazole rings is 1. The number of carbonyl (C=O) groups is 2. The number of nitrogens with zero attached hydrogens (tertiary/aromatic N) is 2. The highest BCUT2D eigenvalue weighted by molar-refractivity contribution is 7.99. The molecule has 0 radical (unpaired) electrons. The fourth-order valence-electron chi connectivity index (χ4n) is 3.16. The summed E-state index contributed by atoms with van der Waals surface area (Å²) >= 11 is 14.1. The van der Waals surface area contributed by atoms with E-state index in [1.165, 1.54) is 0 Å². The number of rotatable bonds is 4. The Bertz CT molecular complexity index is 1080. The maximum absolute atomic E-state index is 12.6. The van der Waals surface area contributed by atoms with Gasteiger partial charge in [-0.05, 0) is 36.4 Å². The van der Waals surface area contributed by atoms with Crippen molar-refractivity contribution in [2.45, 2.75) is 6.54 Å². The standard InChI is InChI=1S/C20H18Cl2N4O2S/c21-13-2-4-16-17(10-13)25-18(24-16)11-23-19(27)14-3-1-12(9-15(14)22)20(28)26-5-7-29-8-6-26/h1-4,9-10H,5-8,11H2,(H,23,27)(H,24,25). The third-order valence-electron chi connectivity index (χ3n) is 4.67. The lowest BCUT2D eigenvalue weighted by molar-refractivity contribution is 0.0771. The third kappa shape index (κ3) is 4.52. The Morgan fingerprint density at radius 1 is 1.14 bits per heavy atom. The summed E-state index contributed by atoms with van der Waals surface area (Å²) in [6.07, 6.45) is 0. The second-order valence-electron chi connectivity index (χ2n) is 6.63. The molecule has 2 amide bonds. The zero-order valence-electron chi connectivity index (χ0n) is 15.4. The lowest BCUT2D eigenvalue weighted by Gasteiger charge is -2.26. The van der Waals surface area contributed by atoms with Gasteiger partial charge in [0.1, 0.15) is 5.82 Å². The summed E-state index contributed by atoms with van der Waals surface area (Å²) in [6.45, 7) is 1.67. The minimum Gasteiger partial charge on any atom is -0.345 e. The van der Waals surface area contributed by atoms with E-state index < -0.39 is 0 Å². The summed E-state index contributed by atoms with van der Waals surface area (Å²) in [5, 5.41) is 3.65. The number of H-pyrrole nitrogens is 1. The number of thioether (sulfide) groups is 1. The van der Waals surface area contributed by atoms with Gasteiger partial charge in [-0.1, -0.05) is 23.2 Å². The van der Waals surface area contributed by atoms with Gasteiger partial charge in [-0.2, -0.15) is 11.8 Å². The first-order valence-corrected chi connectivity index (χ1v) is 11.0. The number of benzene rings is 2. The lowest BCUT2D eigenvalue weighted by atomic mass is 10.1. The van der Waals surface area contributed by atoms with Crippen LogP contribution in [0.15, 0.2) is 36.4 Å². The number of aromatic amines is 1. The van der Waals surface area contributed by atoms with E-state index in [1.54, 1.807) is 30.3 Å². The van der Waals surface area contributed by atoms with Crippen LogP contribution >= 0.6 is 35.0 Å². The largest absolute Gasteiger partial charge is 0.345 e. The zero-order chi connectivity index (χ0) is 20.4. The van der Waals surface area contributed by atoms with Crippen LogP contribution in [0.1, 0.15) is 26.5 Å². The summed E-state index contributed by atoms with van der Waals surface area (Å²) in [4.78, 5) is 34.5. The van der Waals surface area contributed by atoms with Gasteiger partial charge in [-0.15, -0.1) is 0 Å². The summed E-state index contributed by atoms with van der Waals surface area (Å²) in [6, 6.07) is 10.1. The van der Waals surface area contributed by atoms with Crippen LogP contribution in [0.2, 0.25) is 10.0 Å². The number of hydrogen-bond donors (Lipinski definition) is 2. The molecule has 29 heavy (non-hydrogen) atoms. The minimum absolute atomic E-state index is 0.0555. The molecule has 2 heterocycles. The summed E-state index contributed by atoms with van der Waals surface area (Å²) in [7, 11) is 0. The summed E-state index contributed by atoms with van der Waals surface area (Å²) < 4.78 is 0. The van der Waals surface area contributed by atoms with E-state index in [1.807, 2.05) is 22.7 Å². The monoisotopic (exact) mass is 448 g/mol. The Labute approximate surface area is 182 Å². The van der Waals surface area contributed by atoms with Gasteiger partial charge >= 0.3 is 0 Å².